The van der Waals surface area contributed by atoms with E-state index in [4.69, 9.17) is 151 Å². The van der Waals surface area contributed by atoms with E-state index in [2.05, 4.69) is 54.0 Å². The van der Waals surface area contributed by atoms with Crippen LogP contribution in [0.2, 0.25) is 65.7 Å². The Kier molecular flexibility index (Phi) is 25.2. The molecular weight excluding hydrogens is 1610 g/mol. The maximum atomic E-state index is 13.5. The van der Waals surface area contributed by atoms with Gasteiger partial charge in [-0.15, -0.1) is 0 Å². The van der Waals surface area contributed by atoms with Crippen LogP contribution in [0.1, 0.15) is 103 Å². The Balaban J connectivity index is 0.000000141. The van der Waals surface area contributed by atoms with E-state index in [1.165, 1.54) is 6.20 Å². The molecule has 6 aliphatic rings. The molecule has 9 heterocycles. The van der Waals surface area contributed by atoms with Crippen LogP contribution in [0.3, 0.4) is 0 Å². The molecule has 3 spiro atoms. The van der Waals surface area contributed by atoms with Gasteiger partial charge in [0.2, 0.25) is 0 Å². The van der Waals surface area contributed by atoms with Crippen LogP contribution in [0.5, 0.6) is 0 Å². The third-order valence-corrected chi connectivity index (χ3v) is 24.6. The van der Waals surface area contributed by atoms with E-state index in [1.54, 1.807) is 71.9 Å². The molecule has 0 saturated carbocycles. The number of nitrogens with zero attached hydrogens (tertiary/aromatic N) is 9. The Morgan fingerprint density at radius 1 is 0.358 bits per heavy atom. The zero-order chi connectivity index (χ0) is 74.6. The quantitative estimate of drug-likeness (QED) is 0.110. The maximum Gasteiger partial charge on any atom is 0.258 e. The van der Waals surface area contributed by atoms with Crippen LogP contribution in [0.25, 0.3) is 18.2 Å². The zero-order valence-electron chi connectivity index (χ0n) is 56.9. The molecule has 6 aromatic carbocycles. The minimum absolute atomic E-state index is 0.0678. The standard InChI is InChI=1S/C27H22Cl5N3O.2C27H23Cl4N3O/c28-19-14-20-25(22(30)15-19)35(26(36)18-6-9-33-23(31)13-18)16-27(20)7-11-34(12-8-27)10-2-4-17-3-1-5-21(29)24(17)32;28-20-4-6-24-21(16-20)27(17-34(24)26(35)19-7-10-32-25(31)15-19)8-12-33(13-9-27)11-1-2-18-3-5-22(29)23(30)14-18;28-20-5-6-24-22(15-20)27(17-34(24)26(35)19-7-10-32-25(31)14-19)8-12-33(13-9-27)11-1-2-18-3-4-21(29)16-23(18)30/h1-6,9,13-15H,7-8,10-12,16H2;2*1-7,10,14-16H,8-9,11-13,17H2/b4-2+;2*2-1+. The number of carbonyl (C=O) groups is 3. The minimum atomic E-state index is -0.215. The highest BCUT2D eigenvalue weighted by atomic mass is 35.5. The van der Waals surface area contributed by atoms with Crippen LogP contribution in [0.15, 0.2) is 176 Å². The molecular formula is C81H68Cl13N9O3. The van der Waals surface area contributed by atoms with Crippen molar-refractivity contribution in [1.82, 2.24) is 29.7 Å². The van der Waals surface area contributed by atoms with Gasteiger partial charge in [0.25, 0.3) is 17.7 Å². The molecule has 9 aromatic rings. The lowest BCUT2D eigenvalue weighted by Crippen LogP contribution is -2.46. The molecule has 6 aliphatic heterocycles. The van der Waals surface area contributed by atoms with Crippen molar-refractivity contribution < 1.29 is 14.4 Å². The summed E-state index contributed by atoms with van der Waals surface area (Å²) in [6.07, 6.45) is 22.7. The van der Waals surface area contributed by atoms with Gasteiger partial charge < -0.3 is 14.7 Å². The van der Waals surface area contributed by atoms with Crippen LogP contribution in [-0.2, 0) is 16.2 Å². The fourth-order valence-corrected chi connectivity index (χ4v) is 17.9. The number of pyridine rings is 3. The summed E-state index contributed by atoms with van der Waals surface area (Å²) >= 11 is 80.9. The molecule has 0 unspecified atom stereocenters. The summed E-state index contributed by atoms with van der Waals surface area (Å²) in [5.41, 5.74) is 9.92. The van der Waals surface area contributed by atoms with Gasteiger partial charge in [0.15, 0.2) is 0 Å². The zero-order valence-corrected chi connectivity index (χ0v) is 66.7. The summed E-state index contributed by atoms with van der Waals surface area (Å²) in [5, 5.41) is 6.82. The van der Waals surface area contributed by atoms with Gasteiger partial charge in [0.1, 0.15) is 15.5 Å². The molecule has 12 nitrogen and oxygen atoms in total. The lowest BCUT2D eigenvalue weighted by Gasteiger charge is -2.39. The number of halogens is 13. The number of fused-ring (bicyclic) bond motifs is 6. The van der Waals surface area contributed by atoms with Crippen molar-refractivity contribution in [3.8, 4) is 0 Å². The fourth-order valence-electron chi connectivity index (χ4n) is 15.3. The van der Waals surface area contributed by atoms with Crippen molar-refractivity contribution in [1.29, 1.82) is 0 Å². The van der Waals surface area contributed by atoms with Crippen LogP contribution < -0.4 is 14.7 Å². The van der Waals surface area contributed by atoms with E-state index in [0.717, 1.165) is 148 Å². The monoisotopic (exact) mass is 1670 g/mol. The molecule has 3 saturated heterocycles. The molecule has 25 heteroatoms. The van der Waals surface area contributed by atoms with Gasteiger partial charge in [-0.25, -0.2) is 15.0 Å². The molecule has 0 N–H and O–H groups in total. The molecule has 106 heavy (non-hydrogen) atoms. The number of carbonyl (C=O) groups excluding carboxylic acids is 3. The van der Waals surface area contributed by atoms with Gasteiger partial charge in [-0.3, -0.25) is 29.1 Å². The first-order valence-corrected chi connectivity index (χ1v) is 39.3. The number of amides is 3. The number of anilines is 3. The van der Waals surface area contributed by atoms with Gasteiger partial charge in [0.05, 0.1) is 30.8 Å². The summed E-state index contributed by atoms with van der Waals surface area (Å²) in [7, 11) is 0. The van der Waals surface area contributed by atoms with Crippen molar-refractivity contribution in [3.05, 3.63) is 292 Å². The average molecular weight is 1680 g/mol. The van der Waals surface area contributed by atoms with Crippen molar-refractivity contribution in [2.75, 3.05) is 93.2 Å². The van der Waals surface area contributed by atoms with E-state index in [0.29, 0.717) is 96.9 Å². The molecule has 546 valence electrons. The van der Waals surface area contributed by atoms with Crippen molar-refractivity contribution in [2.45, 2.75) is 54.8 Å². The van der Waals surface area contributed by atoms with Crippen LogP contribution in [0, 0.1) is 0 Å². The molecule has 0 atom stereocenters. The summed E-state index contributed by atoms with van der Waals surface area (Å²) in [4.78, 5) is 65.1. The third kappa shape index (κ3) is 17.6. The average Bonchev–Trinajstić information content (AvgIpc) is 1.63. The molecule has 0 aliphatic carbocycles. The summed E-state index contributed by atoms with van der Waals surface area (Å²) in [5.74, 6) is -0.285. The molecule has 0 bridgehead atoms. The second kappa shape index (κ2) is 34.1. The van der Waals surface area contributed by atoms with Crippen molar-refractivity contribution in [3.63, 3.8) is 0 Å². The Labute approximate surface area is 681 Å². The smallest absolute Gasteiger partial charge is 0.258 e. The summed E-state index contributed by atoms with van der Waals surface area (Å²) in [6.45, 7) is 9.74. The fraction of sp³-hybridized carbons (Fsp3) is 0.259. The number of aromatic nitrogens is 3. The van der Waals surface area contributed by atoms with Gasteiger partial charge in [-0.1, -0.05) is 212 Å². The number of rotatable bonds is 12. The van der Waals surface area contributed by atoms with Crippen molar-refractivity contribution >= 4 is 204 Å². The van der Waals surface area contributed by atoms with Crippen LogP contribution in [0.4, 0.5) is 17.1 Å². The molecule has 3 aromatic heterocycles. The van der Waals surface area contributed by atoms with Gasteiger partial charge >= 0.3 is 0 Å². The second-order valence-corrected chi connectivity index (χ2v) is 32.6. The highest BCUT2D eigenvalue weighted by Crippen LogP contribution is 2.53. The number of hydrogen-bond acceptors (Lipinski definition) is 9. The highest BCUT2D eigenvalue weighted by Gasteiger charge is 2.50. The lowest BCUT2D eigenvalue weighted by molar-refractivity contribution is 0.0970. The van der Waals surface area contributed by atoms with E-state index < -0.39 is 0 Å². The van der Waals surface area contributed by atoms with Crippen LogP contribution in [-0.4, -0.2) is 126 Å². The van der Waals surface area contributed by atoms with Gasteiger partial charge in [-0.05, 0) is 226 Å². The second-order valence-electron chi connectivity index (χ2n) is 27.3. The Bertz CT molecular complexity index is 4920. The first-order valence-electron chi connectivity index (χ1n) is 34.4. The number of likely N-dealkylation sites (tertiary alicyclic amines) is 3. The Hall–Kier alpha value is -5.95. The molecule has 15 rings (SSSR count). The SMILES string of the molecule is O=C(c1ccnc(Cl)c1)N1CC2(CCN(C/C=C/c3ccc(Cl)c(Cl)c3)CC2)c2cc(Cl)ccc21.O=C(c1ccnc(Cl)c1)N1CC2(CCN(C/C=C/c3ccc(Cl)cc3Cl)CC2)c2cc(Cl)ccc21.O=C(c1ccnc(Cl)c1)N1CC2(CCN(C/C=C/c3cccc(Cl)c3Cl)CC2)c2cc(Cl)cc(Cl)c21. The number of hydrogen-bond donors (Lipinski definition) is 0. The van der Waals surface area contributed by atoms with Crippen molar-refractivity contribution in [2.24, 2.45) is 0 Å². The highest BCUT2D eigenvalue weighted by molar-refractivity contribution is 6.43. The van der Waals surface area contributed by atoms with E-state index in [9.17, 15) is 14.4 Å². The topological polar surface area (TPSA) is 109 Å². The molecule has 0 radical (unpaired) electrons. The number of piperidine rings is 3. The molecule has 3 amide bonds. The van der Waals surface area contributed by atoms with Gasteiger partial charge in [-0.2, -0.15) is 0 Å². The van der Waals surface area contributed by atoms with E-state index >= 15 is 0 Å². The predicted octanol–water partition coefficient (Wildman–Crippen LogP) is 22.9. The predicted molar refractivity (Wildman–Crippen MR) is 441 cm³/mol. The van der Waals surface area contributed by atoms with Gasteiger partial charge in [0, 0.05) is 127 Å². The Morgan fingerprint density at radius 2 is 0.774 bits per heavy atom. The maximum absolute atomic E-state index is 13.5. The van der Waals surface area contributed by atoms with Crippen LogP contribution >= 0.6 is 151 Å². The third-order valence-electron chi connectivity index (χ3n) is 20.9. The van der Waals surface area contributed by atoms with E-state index in [1.807, 2.05) is 107 Å². The molecule has 3 fully saturated rings. The summed E-state index contributed by atoms with van der Waals surface area (Å²) in [6, 6.07) is 42.0. The normalized spacial score (nSPS) is 17.3. The number of benzene rings is 6. The summed E-state index contributed by atoms with van der Waals surface area (Å²) < 4.78 is 0. The minimum Gasteiger partial charge on any atom is -0.307 e. The first-order chi connectivity index (χ1) is 51.0. The van der Waals surface area contributed by atoms with E-state index in [-0.39, 0.29) is 39.1 Å². The Morgan fingerprint density at radius 3 is 1.25 bits per heavy atom. The lowest BCUT2D eigenvalue weighted by atomic mass is 9.74. The first kappa shape index (κ1) is 78.2. The largest absolute Gasteiger partial charge is 0.307 e.